The van der Waals surface area contributed by atoms with E-state index in [1.807, 2.05) is 11.8 Å². The third-order valence-corrected chi connectivity index (χ3v) is 6.29. The number of Topliss-reactive ketones (excluding diaryl/α,β-unsaturated/α-hetero) is 1. The van der Waals surface area contributed by atoms with Crippen LogP contribution in [0, 0.1) is 11.8 Å². The van der Waals surface area contributed by atoms with Crippen LogP contribution in [-0.2, 0) is 9.53 Å². The van der Waals surface area contributed by atoms with Crippen molar-refractivity contribution < 1.29 is 9.53 Å². The van der Waals surface area contributed by atoms with Crippen LogP contribution in [-0.4, -0.2) is 36.0 Å². The van der Waals surface area contributed by atoms with Gasteiger partial charge in [0, 0.05) is 18.9 Å². The standard InChI is InChI=1S/C17H31NO2S/c1-2-14(5-9-18)3-4-16(19)15-6-10-20-17(13-15)7-11-21-12-8-17/h14-15H,2-13,18H2,1H3. The summed E-state index contributed by atoms with van der Waals surface area (Å²) in [5, 5.41) is 0. The van der Waals surface area contributed by atoms with E-state index in [9.17, 15) is 4.79 Å². The Bertz CT molecular complexity index is 323. The second-order valence-corrected chi connectivity index (χ2v) is 7.91. The number of carbonyl (C=O) groups excluding carboxylic acids is 1. The molecule has 2 saturated heterocycles. The van der Waals surface area contributed by atoms with Crippen molar-refractivity contribution in [3.05, 3.63) is 0 Å². The van der Waals surface area contributed by atoms with E-state index in [1.165, 1.54) is 11.5 Å². The van der Waals surface area contributed by atoms with Crippen LogP contribution < -0.4 is 5.73 Å². The van der Waals surface area contributed by atoms with Crippen molar-refractivity contribution in [1.29, 1.82) is 0 Å². The maximum atomic E-state index is 12.6. The van der Waals surface area contributed by atoms with E-state index in [2.05, 4.69) is 6.92 Å². The molecule has 3 nitrogen and oxygen atoms in total. The van der Waals surface area contributed by atoms with Crippen LogP contribution in [0.3, 0.4) is 0 Å². The summed E-state index contributed by atoms with van der Waals surface area (Å²) in [6.07, 6.45) is 8.12. The van der Waals surface area contributed by atoms with E-state index in [0.29, 0.717) is 11.7 Å². The highest BCUT2D eigenvalue weighted by Crippen LogP contribution is 2.40. The lowest BCUT2D eigenvalue weighted by molar-refractivity contribution is -0.138. The number of ether oxygens (including phenoxy) is 1. The summed E-state index contributed by atoms with van der Waals surface area (Å²) in [6, 6.07) is 0. The molecule has 2 atom stereocenters. The van der Waals surface area contributed by atoms with Gasteiger partial charge in [-0.1, -0.05) is 13.3 Å². The molecule has 4 heteroatoms. The van der Waals surface area contributed by atoms with Crippen molar-refractivity contribution in [2.75, 3.05) is 24.7 Å². The Hall–Kier alpha value is -0.0600. The minimum atomic E-state index is 0.0330. The lowest BCUT2D eigenvalue weighted by Gasteiger charge is -2.43. The molecular weight excluding hydrogens is 282 g/mol. The Labute approximate surface area is 133 Å². The molecule has 0 amide bonds. The Balaban J connectivity index is 1.81. The zero-order valence-electron chi connectivity index (χ0n) is 13.4. The molecule has 2 N–H and O–H groups in total. The summed E-state index contributed by atoms with van der Waals surface area (Å²) < 4.78 is 6.09. The summed E-state index contributed by atoms with van der Waals surface area (Å²) in [5.41, 5.74) is 5.68. The molecule has 0 radical (unpaired) electrons. The average molecular weight is 314 g/mol. The zero-order valence-corrected chi connectivity index (χ0v) is 14.3. The normalized spacial score (nSPS) is 26.7. The van der Waals surface area contributed by atoms with Gasteiger partial charge in [-0.3, -0.25) is 4.79 Å². The van der Waals surface area contributed by atoms with E-state index in [4.69, 9.17) is 10.5 Å². The monoisotopic (exact) mass is 313 g/mol. The minimum Gasteiger partial charge on any atom is -0.375 e. The third kappa shape index (κ3) is 4.97. The lowest BCUT2D eigenvalue weighted by Crippen LogP contribution is -2.44. The fraction of sp³-hybridized carbons (Fsp3) is 0.941. The summed E-state index contributed by atoms with van der Waals surface area (Å²) in [7, 11) is 0. The van der Waals surface area contributed by atoms with Gasteiger partial charge < -0.3 is 10.5 Å². The third-order valence-electron chi connectivity index (χ3n) is 5.30. The second kappa shape index (κ2) is 8.54. The first kappa shape index (κ1) is 17.3. The predicted octanol–water partition coefficient (Wildman–Crippen LogP) is 3.40. The van der Waals surface area contributed by atoms with Crippen molar-refractivity contribution in [1.82, 2.24) is 0 Å². The number of ketones is 1. The molecular formula is C17H31NO2S. The average Bonchev–Trinajstić information content (AvgIpc) is 2.52. The van der Waals surface area contributed by atoms with Gasteiger partial charge in [0.1, 0.15) is 5.78 Å². The molecule has 21 heavy (non-hydrogen) atoms. The van der Waals surface area contributed by atoms with Crippen LogP contribution in [0.1, 0.15) is 58.3 Å². The van der Waals surface area contributed by atoms with Crippen LogP contribution >= 0.6 is 11.8 Å². The molecule has 2 heterocycles. The predicted molar refractivity (Wildman–Crippen MR) is 89.7 cm³/mol. The van der Waals surface area contributed by atoms with Crippen LogP contribution in [0.4, 0.5) is 0 Å². The topological polar surface area (TPSA) is 52.3 Å². The maximum absolute atomic E-state index is 12.6. The SMILES string of the molecule is CCC(CCN)CCC(=O)C1CCOC2(CCSCC2)C1. The van der Waals surface area contributed by atoms with Gasteiger partial charge in [0.15, 0.2) is 0 Å². The Morgan fingerprint density at radius 2 is 2.14 bits per heavy atom. The summed E-state index contributed by atoms with van der Waals surface area (Å²) in [6.45, 7) is 3.72. The van der Waals surface area contributed by atoms with E-state index in [-0.39, 0.29) is 11.5 Å². The number of carbonyl (C=O) groups is 1. The molecule has 2 rings (SSSR count). The van der Waals surface area contributed by atoms with Gasteiger partial charge in [-0.15, -0.1) is 0 Å². The first-order valence-corrected chi connectivity index (χ1v) is 9.79. The highest BCUT2D eigenvalue weighted by Gasteiger charge is 2.40. The number of thioether (sulfide) groups is 1. The first-order valence-electron chi connectivity index (χ1n) is 8.63. The van der Waals surface area contributed by atoms with Gasteiger partial charge in [0.2, 0.25) is 0 Å². The Morgan fingerprint density at radius 3 is 2.81 bits per heavy atom. The molecule has 0 saturated carbocycles. The highest BCUT2D eigenvalue weighted by atomic mass is 32.2. The van der Waals surface area contributed by atoms with Crippen LogP contribution in [0.5, 0.6) is 0 Å². The van der Waals surface area contributed by atoms with E-state index < -0.39 is 0 Å². The quantitative estimate of drug-likeness (QED) is 0.782. The molecule has 122 valence electrons. The largest absolute Gasteiger partial charge is 0.375 e. The fourth-order valence-corrected chi connectivity index (χ4v) is 4.97. The molecule has 0 aromatic heterocycles. The molecule has 2 unspecified atom stereocenters. The molecule has 2 aliphatic rings. The fourth-order valence-electron chi connectivity index (χ4n) is 3.73. The molecule has 0 aromatic rings. The van der Waals surface area contributed by atoms with Crippen molar-refractivity contribution in [3.8, 4) is 0 Å². The van der Waals surface area contributed by atoms with Gasteiger partial charge in [-0.05, 0) is 62.5 Å². The van der Waals surface area contributed by atoms with Crippen molar-refractivity contribution >= 4 is 17.5 Å². The van der Waals surface area contributed by atoms with Gasteiger partial charge in [0.25, 0.3) is 0 Å². The molecule has 2 fully saturated rings. The van der Waals surface area contributed by atoms with Gasteiger partial charge in [0.05, 0.1) is 5.60 Å². The van der Waals surface area contributed by atoms with Crippen molar-refractivity contribution in [2.45, 2.75) is 63.9 Å². The van der Waals surface area contributed by atoms with E-state index >= 15 is 0 Å². The lowest BCUT2D eigenvalue weighted by atomic mass is 9.78. The van der Waals surface area contributed by atoms with Gasteiger partial charge in [-0.25, -0.2) is 0 Å². The number of rotatable bonds is 7. The van der Waals surface area contributed by atoms with Crippen molar-refractivity contribution in [2.24, 2.45) is 17.6 Å². The van der Waals surface area contributed by atoms with Crippen LogP contribution in [0.2, 0.25) is 0 Å². The Morgan fingerprint density at radius 1 is 1.38 bits per heavy atom. The van der Waals surface area contributed by atoms with Crippen LogP contribution in [0.25, 0.3) is 0 Å². The van der Waals surface area contributed by atoms with Crippen LogP contribution in [0.15, 0.2) is 0 Å². The highest BCUT2D eigenvalue weighted by molar-refractivity contribution is 7.99. The van der Waals surface area contributed by atoms with E-state index in [1.54, 1.807) is 0 Å². The maximum Gasteiger partial charge on any atom is 0.136 e. The second-order valence-electron chi connectivity index (χ2n) is 6.69. The Kier molecular flexibility index (Phi) is 7.03. The van der Waals surface area contributed by atoms with E-state index in [0.717, 1.165) is 64.5 Å². The molecule has 0 bridgehead atoms. The molecule has 0 aromatic carbocycles. The minimum absolute atomic E-state index is 0.0330. The smallest absolute Gasteiger partial charge is 0.136 e. The molecule has 2 aliphatic heterocycles. The number of nitrogens with two attached hydrogens (primary N) is 1. The molecule has 1 spiro atoms. The summed E-state index contributed by atoms with van der Waals surface area (Å²) >= 11 is 2.02. The van der Waals surface area contributed by atoms with Gasteiger partial charge >= 0.3 is 0 Å². The number of hydrogen-bond donors (Lipinski definition) is 1. The zero-order chi connectivity index (χ0) is 15.1. The first-order chi connectivity index (χ1) is 10.2. The van der Waals surface area contributed by atoms with Crippen molar-refractivity contribution in [3.63, 3.8) is 0 Å². The summed E-state index contributed by atoms with van der Waals surface area (Å²) in [4.78, 5) is 12.6. The number of hydrogen-bond acceptors (Lipinski definition) is 4. The summed E-state index contributed by atoms with van der Waals surface area (Å²) in [5.74, 6) is 3.73. The molecule has 0 aliphatic carbocycles. The van der Waals surface area contributed by atoms with Gasteiger partial charge in [-0.2, -0.15) is 11.8 Å².